The lowest BCUT2D eigenvalue weighted by Crippen LogP contribution is -2.41. The topological polar surface area (TPSA) is 17.1 Å². The molecule has 28 heavy (non-hydrogen) atoms. The Morgan fingerprint density at radius 1 is 0.607 bits per heavy atom. The molecule has 0 aromatic heterocycles. The molecule has 4 saturated carbocycles. The minimum Gasteiger partial charge on any atom is -0.299 e. The van der Waals surface area contributed by atoms with E-state index in [4.69, 9.17) is 0 Å². The zero-order valence-corrected chi connectivity index (χ0v) is 20.8. The van der Waals surface area contributed by atoms with E-state index in [-0.39, 0.29) is 11.8 Å². The molecule has 8 atom stereocenters. The van der Waals surface area contributed by atoms with Crippen LogP contribution in [0.2, 0.25) is 0 Å². The van der Waals surface area contributed by atoms with Crippen molar-refractivity contribution < 1.29 is 4.79 Å². The van der Waals surface area contributed by atoms with Crippen LogP contribution in [0.15, 0.2) is 0 Å². The van der Waals surface area contributed by atoms with Crippen LogP contribution >= 0.6 is 31.9 Å². The van der Waals surface area contributed by atoms with Gasteiger partial charge in [-0.3, -0.25) is 4.79 Å². The van der Waals surface area contributed by atoms with Crippen molar-refractivity contribution in [3.05, 3.63) is 0 Å². The summed E-state index contributed by atoms with van der Waals surface area (Å²) in [5, 5.41) is 1.77. The summed E-state index contributed by atoms with van der Waals surface area (Å²) in [6.45, 7) is 0. The molecule has 0 saturated heterocycles. The van der Waals surface area contributed by atoms with Crippen LogP contribution in [-0.4, -0.2) is 16.4 Å². The molecule has 0 bridgehead atoms. The average Bonchev–Trinajstić information content (AvgIpc) is 2.74. The molecule has 8 unspecified atom stereocenters. The standard InChI is InChI=1S/C25H40Br2O/c26-15-23(21-11-9-17-5-1-3-7-19(17)13-21)25(28)24(16-27)22-12-10-18-6-2-4-8-20(18)14-22/h17-24H,1-16H2. The second-order valence-corrected chi connectivity index (χ2v) is 12.0. The van der Waals surface area contributed by atoms with Crippen molar-refractivity contribution in [2.24, 2.45) is 47.3 Å². The second kappa shape index (κ2) is 10.3. The predicted octanol–water partition coefficient (Wildman–Crippen LogP) is 7.79. The molecule has 4 aliphatic rings. The van der Waals surface area contributed by atoms with Crippen LogP contribution in [0, 0.1) is 47.3 Å². The van der Waals surface area contributed by atoms with Gasteiger partial charge in [0.25, 0.3) is 0 Å². The fourth-order valence-corrected chi connectivity index (χ4v) is 9.39. The summed E-state index contributed by atoms with van der Waals surface area (Å²) in [4.78, 5) is 13.8. The monoisotopic (exact) mass is 514 g/mol. The largest absolute Gasteiger partial charge is 0.299 e. The van der Waals surface area contributed by atoms with Crippen LogP contribution < -0.4 is 0 Å². The maximum Gasteiger partial charge on any atom is 0.141 e. The molecule has 4 fully saturated rings. The van der Waals surface area contributed by atoms with E-state index in [0.29, 0.717) is 17.6 Å². The number of hydrogen-bond donors (Lipinski definition) is 0. The number of rotatable bonds is 6. The third-order valence-corrected chi connectivity index (χ3v) is 10.8. The lowest BCUT2D eigenvalue weighted by Gasteiger charge is -2.44. The Hall–Kier alpha value is 0.630. The Balaban J connectivity index is 1.40. The number of fused-ring (bicyclic) bond motifs is 2. The quantitative estimate of drug-likeness (QED) is 0.330. The number of carbonyl (C=O) groups excluding carboxylic acids is 1. The van der Waals surface area contributed by atoms with Gasteiger partial charge in [0.05, 0.1) is 0 Å². The third-order valence-electron chi connectivity index (χ3n) is 9.36. The molecule has 4 rings (SSSR count). The van der Waals surface area contributed by atoms with Crippen LogP contribution in [0.3, 0.4) is 0 Å². The van der Waals surface area contributed by atoms with Gasteiger partial charge in [0.2, 0.25) is 0 Å². The van der Waals surface area contributed by atoms with Gasteiger partial charge in [0.15, 0.2) is 0 Å². The molecule has 1 nitrogen and oxygen atoms in total. The van der Waals surface area contributed by atoms with E-state index in [1.54, 1.807) is 0 Å². The Morgan fingerprint density at radius 2 is 1.00 bits per heavy atom. The molecule has 0 aromatic rings. The average molecular weight is 516 g/mol. The number of carbonyl (C=O) groups is 1. The maximum absolute atomic E-state index is 13.8. The summed E-state index contributed by atoms with van der Waals surface area (Å²) in [7, 11) is 0. The van der Waals surface area contributed by atoms with Gasteiger partial charge in [-0.15, -0.1) is 0 Å². The smallest absolute Gasteiger partial charge is 0.141 e. The number of ketones is 1. The zero-order valence-electron chi connectivity index (χ0n) is 17.6. The molecular formula is C25H40Br2O. The minimum atomic E-state index is 0.259. The van der Waals surface area contributed by atoms with Crippen molar-refractivity contribution in [1.82, 2.24) is 0 Å². The number of Topliss-reactive ketones (excluding diaryl/α,β-unsaturated/α-hetero) is 1. The van der Waals surface area contributed by atoms with Gasteiger partial charge in [-0.2, -0.15) is 0 Å². The van der Waals surface area contributed by atoms with Crippen molar-refractivity contribution in [3.63, 3.8) is 0 Å². The molecule has 0 amide bonds. The molecule has 0 radical (unpaired) electrons. The lowest BCUT2D eigenvalue weighted by atomic mass is 9.61. The van der Waals surface area contributed by atoms with E-state index in [1.807, 2.05) is 0 Å². The molecule has 0 aromatic carbocycles. The predicted molar refractivity (Wildman–Crippen MR) is 125 cm³/mol. The van der Waals surface area contributed by atoms with Crippen molar-refractivity contribution in [3.8, 4) is 0 Å². The van der Waals surface area contributed by atoms with Crippen LogP contribution in [0.1, 0.15) is 89.9 Å². The van der Waals surface area contributed by atoms with Gasteiger partial charge in [-0.05, 0) is 74.0 Å². The number of halogens is 2. The van der Waals surface area contributed by atoms with E-state index >= 15 is 0 Å². The molecule has 3 heteroatoms. The first kappa shape index (κ1) is 21.8. The highest BCUT2D eigenvalue weighted by atomic mass is 79.9. The van der Waals surface area contributed by atoms with Gasteiger partial charge >= 0.3 is 0 Å². The molecule has 0 N–H and O–H groups in total. The molecule has 0 heterocycles. The van der Waals surface area contributed by atoms with E-state index in [2.05, 4.69) is 31.9 Å². The Labute approximate surface area is 189 Å². The fourth-order valence-electron chi connectivity index (χ4n) is 7.69. The highest BCUT2D eigenvalue weighted by molar-refractivity contribution is 9.09. The van der Waals surface area contributed by atoms with Crippen LogP contribution in [0.25, 0.3) is 0 Å². The summed E-state index contributed by atoms with van der Waals surface area (Å²) in [5.74, 6) is 6.19. The third kappa shape index (κ3) is 4.76. The first-order valence-electron chi connectivity index (χ1n) is 12.4. The lowest BCUT2D eigenvalue weighted by molar-refractivity contribution is -0.130. The zero-order chi connectivity index (χ0) is 19.5. The summed E-state index contributed by atoms with van der Waals surface area (Å²) in [6, 6.07) is 0. The summed E-state index contributed by atoms with van der Waals surface area (Å²) < 4.78 is 0. The molecule has 160 valence electrons. The van der Waals surface area contributed by atoms with Crippen LogP contribution in [0.5, 0.6) is 0 Å². The van der Waals surface area contributed by atoms with Crippen LogP contribution in [-0.2, 0) is 4.79 Å². The molecule has 4 aliphatic carbocycles. The maximum atomic E-state index is 13.8. The summed E-state index contributed by atoms with van der Waals surface area (Å²) >= 11 is 7.56. The first-order chi connectivity index (χ1) is 13.7. The molecule has 0 spiro atoms. The van der Waals surface area contributed by atoms with E-state index < -0.39 is 0 Å². The minimum absolute atomic E-state index is 0.259. The van der Waals surface area contributed by atoms with Crippen molar-refractivity contribution in [2.75, 3.05) is 10.7 Å². The normalized spacial score (nSPS) is 40.8. The first-order valence-corrected chi connectivity index (χ1v) is 14.6. The van der Waals surface area contributed by atoms with Crippen molar-refractivity contribution >= 4 is 37.6 Å². The van der Waals surface area contributed by atoms with Gasteiger partial charge in [-0.1, -0.05) is 83.2 Å². The fraction of sp³-hybridized carbons (Fsp3) is 0.960. The van der Waals surface area contributed by atoms with E-state index in [1.165, 1.54) is 89.9 Å². The van der Waals surface area contributed by atoms with Gasteiger partial charge < -0.3 is 0 Å². The molecule has 0 aliphatic heterocycles. The Kier molecular flexibility index (Phi) is 8.03. The number of alkyl halides is 2. The second-order valence-electron chi connectivity index (χ2n) is 10.7. The highest BCUT2D eigenvalue weighted by Crippen LogP contribution is 2.48. The van der Waals surface area contributed by atoms with Crippen molar-refractivity contribution in [1.29, 1.82) is 0 Å². The van der Waals surface area contributed by atoms with E-state index in [0.717, 1.165) is 34.3 Å². The van der Waals surface area contributed by atoms with Gasteiger partial charge in [0.1, 0.15) is 5.78 Å². The van der Waals surface area contributed by atoms with Gasteiger partial charge in [-0.25, -0.2) is 0 Å². The summed E-state index contributed by atoms with van der Waals surface area (Å²) in [6.07, 6.45) is 19.6. The highest BCUT2D eigenvalue weighted by Gasteiger charge is 2.42. The van der Waals surface area contributed by atoms with Crippen LogP contribution in [0.4, 0.5) is 0 Å². The summed E-state index contributed by atoms with van der Waals surface area (Å²) in [5.41, 5.74) is 0. The Bertz CT molecular complexity index is 477. The molecular weight excluding hydrogens is 476 g/mol. The van der Waals surface area contributed by atoms with E-state index in [9.17, 15) is 4.79 Å². The van der Waals surface area contributed by atoms with Crippen molar-refractivity contribution in [2.45, 2.75) is 89.9 Å². The number of hydrogen-bond acceptors (Lipinski definition) is 1. The SMILES string of the molecule is O=C(C(CBr)C1CCC2CCCCC2C1)C(CBr)C1CCC2CCCCC2C1. The van der Waals surface area contributed by atoms with Gasteiger partial charge in [0, 0.05) is 22.5 Å². The Morgan fingerprint density at radius 3 is 1.39 bits per heavy atom.